The maximum Gasteiger partial charge on any atom is 0.233 e. The number of rotatable bonds is 8. The summed E-state index contributed by atoms with van der Waals surface area (Å²) in [6, 6.07) is 11.6. The van der Waals surface area contributed by atoms with Gasteiger partial charge in [-0.1, -0.05) is 57.2 Å². The number of nitrogens with one attached hydrogen (secondary N) is 1. The second kappa shape index (κ2) is 9.20. The fourth-order valence-electron chi connectivity index (χ4n) is 2.12. The van der Waals surface area contributed by atoms with Crippen molar-refractivity contribution in [3.8, 4) is 0 Å². The number of thioether (sulfide) groups is 1. The van der Waals surface area contributed by atoms with Crippen LogP contribution in [0.25, 0.3) is 0 Å². The van der Waals surface area contributed by atoms with Crippen molar-refractivity contribution in [2.24, 2.45) is 0 Å². The van der Waals surface area contributed by atoms with E-state index in [4.69, 9.17) is 4.42 Å². The first-order valence-corrected chi connectivity index (χ1v) is 10.4. The largest absolute Gasteiger partial charge is 0.467 e. The Morgan fingerprint density at radius 3 is 2.92 bits per heavy atom. The van der Waals surface area contributed by atoms with Crippen molar-refractivity contribution in [1.29, 1.82) is 0 Å². The van der Waals surface area contributed by atoms with E-state index in [-0.39, 0.29) is 5.91 Å². The van der Waals surface area contributed by atoms with Gasteiger partial charge in [-0.2, -0.15) is 0 Å². The third-order valence-electron chi connectivity index (χ3n) is 3.51. The Hall–Kier alpha value is -1.84. The molecule has 0 atom stereocenters. The van der Waals surface area contributed by atoms with Gasteiger partial charge in [-0.05, 0) is 23.8 Å². The molecule has 0 unspecified atom stereocenters. The van der Waals surface area contributed by atoms with Crippen LogP contribution in [0, 0.1) is 0 Å². The van der Waals surface area contributed by atoms with Crippen molar-refractivity contribution in [1.82, 2.24) is 15.1 Å². The van der Waals surface area contributed by atoms with Gasteiger partial charge < -0.3 is 14.6 Å². The zero-order chi connectivity index (χ0) is 18.4. The number of hydrogen-bond acceptors (Lipinski definition) is 7. The Morgan fingerprint density at radius 1 is 1.31 bits per heavy atom. The lowest BCUT2D eigenvalue weighted by atomic mass is 10.2. The molecule has 1 N–H and O–H groups in total. The Morgan fingerprint density at radius 2 is 2.15 bits per heavy atom. The van der Waals surface area contributed by atoms with Gasteiger partial charge in [0.15, 0.2) is 4.34 Å². The first-order valence-electron chi connectivity index (χ1n) is 7.82. The summed E-state index contributed by atoms with van der Waals surface area (Å²) >= 11 is 6.33. The Kier molecular flexibility index (Phi) is 6.70. The molecular formula is C17H17BrN4O2S2. The Bertz CT molecular complexity index is 854. The number of hydrogen-bond donors (Lipinski definition) is 1. The fourth-order valence-corrected chi connectivity index (χ4v) is 4.22. The molecule has 2 aromatic heterocycles. The molecule has 0 saturated carbocycles. The SMILES string of the molecule is CN(Cc1ccccc1Br)C(=O)CSc1nnc(NCc2ccco2)s1. The van der Waals surface area contributed by atoms with Gasteiger partial charge in [0.1, 0.15) is 5.76 Å². The van der Waals surface area contributed by atoms with Gasteiger partial charge in [0.05, 0.1) is 18.6 Å². The zero-order valence-corrected chi connectivity index (χ0v) is 17.2. The van der Waals surface area contributed by atoms with Gasteiger partial charge in [-0.25, -0.2) is 0 Å². The molecule has 9 heteroatoms. The number of carbonyl (C=O) groups excluding carboxylic acids is 1. The minimum Gasteiger partial charge on any atom is -0.467 e. The lowest BCUT2D eigenvalue weighted by Crippen LogP contribution is -2.27. The van der Waals surface area contributed by atoms with Gasteiger partial charge in [-0.15, -0.1) is 10.2 Å². The van der Waals surface area contributed by atoms with Gasteiger partial charge in [-0.3, -0.25) is 4.79 Å². The van der Waals surface area contributed by atoms with E-state index in [1.165, 1.54) is 23.1 Å². The van der Waals surface area contributed by atoms with Crippen molar-refractivity contribution < 1.29 is 9.21 Å². The molecule has 0 aliphatic carbocycles. The summed E-state index contributed by atoms with van der Waals surface area (Å²) in [6.07, 6.45) is 1.63. The van der Waals surface area contributed by atoms with E-state index >= 15 is 0 Å². The molecule has 0 saturated heterocycles. The molecule has 1 aromatic carbocycles. The lowest BCUT2D eigenvalue weighted by molar-refractivity contribution is -0.127. The van der Waals surface area contributed by atoms with Crippen LogP contribution < -0.4 is 5.32 Å². The van der Waals surface area contributed by atoms with Crippen LogP contribution in [0.15, 0.2) is 55.9 Å². The van der Waals surface area contributed by atoms with E-state index in [2.05, 4.69) is 31.4 Å². The molecule has 26 heavy (non-hydrogen) atoms. The molecular weight excluding hydrogens is 436 g/mol. The topological polar surface area (TPSA) is 71.3 Å². The summed E-state index contributed by atoms with van der Waals surface area (Å²) in [5.41, 5.74) is 1.08. The van der Waals surface area contributed by atoms with E-state index in [1.807, 2.05) is 36.4 Å². The highest BCUT2D eigenvalue weighted by Gasteiger charge is 2.13. The van der Waals surface area contributed by atoms with Crippen LogP contribution >= 0.6 is 39.0 Å². The van der Waals surface area contributed by atoms with Crippen molar-refractivity contribution in [3.05, 3.63) is 58.5 Å². The van der Waals surface area contributed by atoms with E-state index in [0.29, 0.717) is 24.0 Å². The van der Waals surface area contributed by atoms with Gasteiger partial charge >= 0.3 is 0 Å². The van der Waals surface area contributed by atoms with Crippen molar-refractivity contribution in [3.63, 3.8) is 0 Å². The standard InChI is InChI=1S/C17H17BrN4O2S2/c1-22(10-12-5-2-3-7-14(12)18)15(23)11-25-17-21-20-16(26-17)19-9-13-6-4-8-24-13/h2-8H,9-11H2,1H3,(H,19,20). The molecule has 6 nitrogen and oxygen atoms in total. The van der Waals surface area contributed by atoms with Crippen LogP contribution in [-0.4, -0.2) is 33.8 Å². The molecule has 1 amide bonds. The maximum absolute atomic E-state index is 12.3. The molecule has 3 rings (SSSR count). The Balaban J connectivity index is 1.46. The van der Waals surface area contributed by atoms with Crippen molar-refractivity contribution in [2.75, 3.05) is 18.1 Å². The average molecular weight is 453 g/mol. The first-order chi connectivity index (χ1) is 12.6. The molecule has 0 aliphatic rings. The molecule has 0 radical (unpaired) electrons. The normalized spacial score (nSPS) is 10.7. The highest BCUT2D eigenvalue weighted by atomic mass is 79.9. The molecule has 0 fully saturated rings. The number of furan rings is 1. The number of amides is 1. The first kappa shape index (κ1) is 18.9. The van der Waals surface area contributed by atoms with E-state index in [0.717, 1.165) is 20.1 Å². The van der Waals surface area contributed by atoms with Crippen LogP contribution in [0.5, 0.6) is 0 Å². The number of halogens is 1. The van der Waals surface area contributed by atoms with E-state index in [1.54, 1.807) is 18.2 Å². The molecule has 3 aromatic rings. The summed E-state index contributed by atoms with van der Waals surface area (Å²) in [5.74, 6) is 1.21. The Labute approximate surface area is 168 Å². The second-order valence-corrected chi connectivity index (χ2v) is 8.49. The highest BCUT2D eigenvalue weighted by Crippen LogP contribution is 2.26. The zero-order valence-electron chi connectivity index (χ0n) is 14.0. The van der Waals surface area contributed by atoms with Crippen LogP contribution in [0.4, 0.5) is 5.13 Å². The van der Waals surface area contributed by atoms with Crippen LogP contribution in [0.1, 0.15) is 11.3 Å². The van der Waals surface area contributed by atoms with E-state index < -0.39 is 0 Å². The summed E-state index contributed by atoms with van der Waals surface area (Å²) in [7, 11) is 1.80. The molecule has 0 aliphatic heterocycles. The summed E-state index contributed by atoms with van der Waals surface area (Å²) < 4.78 is 7.02. The second-order valence-electron chi connectivity index (χ2n) is 5.44. The predicted molar refractivity (Wildman–Crippen MR) is 107 cm³/mol. The monoisotopic (exact) mass is 452 g/mol. The molecule has 2 heterocycles. The third-order valence-corrected chi connectivity index (χ3v) is 6.28. The summed E-state index contributed by atoms with van der Waals surface area (Å²) in [6.45, 7) is 1.12. The van der Waals surface area contributed by atoms with Crippen LogP contribution in [-0.2, 0) is 17.9 Å². The average Bonchev–Trinajstić information content (AvgIpc) is 3.31. The quantitative estimate of drug-likeness (QED) is 0.514. The minimum absolute atomic E-state index is 0.0473. The molecule has 136 valence electrons. The smallest absolute Gasteiger partial charge is 0.233 e. The molecule has 0 spiro atoms. The number of nitrogens with zero attached hydrogens (tertiary/aromatic N) is 3. The minimum atomic E-state index is 0.0473. The summed E-state index contributed by atoms with van der Waals surface area (Å²) in [5, 5.41) is 12.0. The van der Waals surface area contributed by atoms with Crippen LogP contribution in [0.3, 0.4) is 0 Å². The van der Waals surface area contributed by atoms with Crippen LogP contribution in [0.2, 0.25) is 0 Å². The fraction of sp³-hybridized carbons (Fsp3) is 0.235. The highest BCUT2D eigenvalue weighted by molar-refractivity contribution is 9.10. The number of anilines is 1. The van der Waals surface area contributed by atoms with Crippen molar-refractivity contribution in [2.45, 2.75) is 17.4 Å². The predicted octanol–water partition coefficient (Wildman–Crippen LogP) is 4.26. The third kappa shape index (κ3) is 5.33. The lowest BCUT2D eigenvalue weighted by Gasteiger charge is -2.17. The summed E-state index contributed by atoms with van der Waals surface area (Å²) in [4.78, 5) is 14.1. The number of aromatic nitrogens is 2. The maximum atomic E-state index is 12.3. The van der Waals surface area contributed by atoms with Crippen molar-refractivity contribution >= 4 is 50.1 Å². The number of carbonyl (C=O) groups is 1. The van der Waals surface area contributed by atoms with E-state index in [9.17, 15) is 4.79 Å². The number of benzene rings is 1. The van der Waals surface area contributed by atoms with Gasteiger partial charge in [0, 0.05) is 18.1 Å². The molecule has 0 bridgehead atoms. The van der Waals surface area contributed by atoms with Gasteiger partial charge in [0.2, 0.25) is 11.0 Å². The van der Waals surface area contributed by atoms with Gasteiger partial charge in [0.25, 0.3) is 0 Å².